The second kappa shape index (κ2) is 8.88. The van der Waals surface area contributed by atoms with Crippen LogP contribution >= 0.6 is 0 Å². The van der Waals surface area contributed by atoms with Gasteiger partial charge in [0.25, 0.3) is 0 Å². The highest BCUT2D eigenvalue weighted by atomic mass is 16.5. The lowest BCUT2D eigenvalue weighted by Gasteiger charge is -2.72. The highest BCUT2D eigenvalue weighted by Gasteiger charge is 2.72. The maximum Gasteiger partial charge on any atom is 0.309 e. The Kier molecular flexibility index (Phi) is 6.19. The van der Waals surface area contributed by atoms with E-state index in [4.69, 9.17) is 14.7 Å². The average Bonchev–Trinajstić information content (AvgIpc) is 3.29. The number of ether oxygens (including phenoxy) is 1. The van der Waals surface area contributed by atoms with Gasteiger partial charge < -0.3 is 9.84 Å². The molecule has 0 bridgehead atoms. The van der Waals surface area contributed by atoms with Gasteiger partial charge in [-0.2, -0.15) is 0 Å². The van der Waals surface area contributed by atoms with Gasteiger partial charge >= 0.3 is 11.9 Å². The number of nitrogens with zero attached hydrogens (tertiary/aromatic N) is 2. The van der Waals surface area contributed by atoms with Crippen molar-refractivity contribution in [2.24, 2.45) is 51.2 Å². The highest BCUT2D eigenvalue weighted by molar-refractivity contribution is 5.76. The predicted octanol–water partition coefficient (Wildman–Crippen LogP) is 6.78. The molecule has 6 nitrogen and oxygen atoms in total. The summed E-state index contributed by atoms with van der Waals surface area (Å²) >= 11 is 0. The van der Waals surface area contributed by atoms with Crippen LogP contribution < -0.4 is 0 Å². The summed E-state index contributed by atoms with van der Waals surface area (Å²) in [4.78, 5) is 34.6. The smallest absolute Gasteiger partial charge is 0.309 e. The van der Waals surface area contributed by atoms with Crippen LogP contribution in [-0.2, 0) is 26.2 Å². The number of rotatable bonds is 4. The maximum absolute atomic E-state index is 12.9. The summed E-state index contributed by atoms with van der Waals surface area (Å²) in [5.74, 6) is 0.863. The van der Waals surface area contributed by atoms with Crippen molar-refractivity contribution in [3.63, 3.8) is 0 Å². The Bertz CT molecular complexity index is 1260. The molecule has 218 valence electrons. The number of carbonyl (C=O) groups is 2. The van der Waals surface area contributed by atoms with Crippen molar-refractivity contribution in [3.8, 4) is 0 Å². The first-order valence-electron chi connectivity index (χ1n) is 15.6. The second-order valence-corrected chi connectivity index (χ2v) is 15.4. The molecule has 0 saturated heterocycles. The molecule has 10 atom stereocenters. The summed E-state index contributed by atoms with van der Waals surface area (Å²) in [6.45, 7) is 18.1. The van der Waals surface area contributed by atoms with Crippen LogP contribution in [0.5, 0.6) is 0 Å². The fourth-order valence-corrected chi connectivity index (χ4v) is 12.1. The molecule has 0 aromatic carbocycles. The number of aromatic nitrogens is 2. The number of carboxylic acid groups (broad SMARTS) is 1. The number of hydrogen-bond donors (Lipinski definition) is 1. The van der Waals surface area contributed by atoms with E-state index in [1.807, 2.05) is 0 Å². The molecule has 0 amide bonds. The van der Waals surface area contributed by atoms with Gasteiger partial charge in [0.15, 0.2) is 0 Å². The van der Waals surface area contributed by atoms with Crippen LogP contribution in [0.3, 0.4) is 0 Å². The lowest BCUT2D eigenvalue weighted by Crippen LogP contribution is -2.67. The Labute approximate surface area is 239 Å². The largest absolute Gasteiger partial charge is 0.481 e. The van der Waals surface area contributed by atoms with Gasteiger partial charge in [-0.15, -0.1) is 0 Å². The number of aliphatic carboxylic acids is 1. The van der Waals surface area contributed by atoms with Crippen molar-refractivity contribution in [2.45, 2.75) is 105 Å². The minimum atomic E-state index is -0.597. The molecule has 4 saturated carbocycles. The zero-order chi connectivity index (χ0) is 28.9. The third kappa shape index (κ3) is 3.40. The highest BCUT2D eigenvalue weighted by Crippen LogP contribution is 2.77. The zero-order valence-electron chi connectivity index (χ0n) is 25.4. The molecule has 1 N–H and O–H groups in total. The van der Waals surface area contributed by atoms with E-state index >= 15 is 0 Å². The van der Waals surface area contributed by atoms with Gasteiger partial charge in [0.1, 0.15) is 6.61 Å². The summed E-state index contributed by atoms with van der Waals surface area (Å²) < 4.78 is 5.75. The zero-order valence-corrected chi connectivity index (χ0v) is 25.4. The summed E-state index contributed by atoms with van der Waals surface area (Å²) in [5, 5.41) is 10.6. The Balaban J connectivity index is 1.43. The first kappa shape index (κ1) is 27.9. The molecule has 0 radical (unpaired) electrons. The molecule has 6 heteroatoms. The third-order valence-corrected chi connectivity index (χ3v) is 14.0. The van der Waals surface area contributed by atoms with Gasteiger partial charge in [-0.3, -0.25) is 19.6 Å². The van der Waals surface area contributed by atoms with E-state index in [-0.39, 0.29) is 33.5 Å². The van der Waals surface area contributed by atoms with Crippen molar-refractivity contribution in [1.82, 2.24) is 9.97 Å². The lowest BCUT2D eigenvalue weighted by atomic mass is 9.32. The van der Waals surface area contributed by atoms with Gasteiger partial charge in [0.2, 0.25) is 0 Å². The number of hydrogen-bond acceptors (Lipinski definition) is 5. The molecule has 1 aromatic rings. The number of allylic oxidation sites excluding steroid dienone is 1. The Morgan fingerprint density at radius 1 is 0.950 bits per heavy atom. The molecule has 0 aliphatic heterocycles. The Morgan fingerprint density at radius 3 is 2.35 bits per heavy atom. The van der Waals surface area contributed by atoms with Crippen LogP contribution in [0.1, 0.15) is 104 Å². The van der Waals surface area contributed by atoms with E-state index in [2.05, 4.69) is 41.2 Å². The average molecular weight is 549 g/mol. The lowest BCUT2D eigenvalue weighted by molar-refractivity contribution is -0.230. The number of carboxylic acids is 1. The summed E-state index contributed by atoms with van der Waals surface area (Å²) in [5.41, 5.74) is 2.40. The van der Waals surface area contributed by atoms with E-state index in [0.29, 0.717) is 30.3 Å². The minimum Gasteiger partial charge on any atom is -0.481 e. The molecule has 0 spiro atoms. The Morgan fingerprint density at radius 2 is 1.68 bits per heavy atom. The number of fused-ring (bicyclic) bond motifs is 8. The molecule has 1 heterocycles. The van der Waals surface area contributed by atoms with E-state index in [0.717, 1.165) is 69.2 Å². The molecule has 5 aliphatic carbocycles. The quantitative estimate of drug-likeness (QED) is 0.330. The van der Waals surface area contributed by atoms with Crippen LogP contribution in [0.15, 0.2) is 24.5 Å². The fraction of sp³-hybridized carbons (Fsp3) is 0.765. The van der Waals surface area contributed by atoms with Crippen LogP contribution in [0.4, 0.5) is 0 Å². The third-order valence-electron chi connectivity index (χ3n) is 14.0. The molecule has 40 heavy (non-hydrogen) atoms. The van der Waals surface area contributed by atoms with Gasteiger partial charge in [0, 0.05) is 24.7 Å². The van der Waals surface area contributed by atoms with Crippen molar-refractivity contribution >= 4 is 11.9 Å². The van der Waals surface area contributed by atoms with Crippen LogP contribution in [0, 0.1) is 51.2 Å². The Hall–Kier alpha value is -2.24. The summed E-state index contributed by atoms with van der Waals surface area (Å²) in [6.07, 6.45) is 12.4. The maximum atomic E-state index is 12.9. The monoisotopic (exact) mass is 548 g/mol. The van der Waals surface area contributed by atoms with E-state index < -0.39 is 11.4 Å². The van der Waals surface area contributed by atoms with E-state index in [1.165, 1.54) is 12.5 Å². The SMILES string of the molecule is C=C(C)[C@@H]1CC[C@]2(C(=O)O)CC[C@]3(C)[C@H](CC[C@@H]4[C@@]5(C)Cc6nccnc6[C@@](C)(COC(C)=O)[C@@H]5CC[C@]43C)[C@@H]12. The molecule has 5 aliphatic rings. The van der Waals surface area contributed by atoms with Crippen LogP contribution in [-0.4, -0.2) is 33.6 Å². The number of carbonyl (C=O) groups excluding carboxylic acids is 1. The molecule has 6 rings (SSSR count). The first-order chi connectivity index (χ1) is 18.7. The van der Waals surface area contributed by atoms with Crippen LogP contribution in [0.25, 0.3) is 0 Å². The van der Waals surface area contributed by atoms with E-state index in [1.54, 1.807) is 12.4 Å². The second-order valence-electron chi connectivity index (χ2n) is 15.4. The van der Waals surface area contributed by atoms with Crippen molar-refractivity contribution in [1.29, 1.82) is 0 Å². The molecular formula is C34H48N2O4. The normalized spacial score (nSPS) is 47.1. The van der Waals surface area contributed by atoms with Crippen LogP contribution in [0.2, 0.25) is 0 Å². The van der Waals surface area contributed by atoms with Crippen molar-refractivity contribution in [2.75, 3.05) is 6.61 Å². The van der Waals surface area contributed by atoms with Gasteiger partial charge in [-0.1, -0.05) is 39.8 Å². The topological polar surface area (TPSA) is 89.4 Å². The molecule has 4 fully saturated rings. The van der Waals surface area contributed by atoms with Crippen molar-refractivity contribution in [3.05, 3.63) is 35.9 Å². The minimum absolute atomic E-state index is 0.0102. The summed E-state index contributed by atoms with van der Waals surface area (Å²) in [7, 11) is 0. The number of esters is 1. The fourth-order valence-electron chi connectivity index (χ4n) is 12.1. The first-order valence-corrected chi connectivity index (χ1v) is 15.6. The predicted molar refractivity (Wildman–Crippen MR) is 153 cm³/mol. The summed E-state index contributed by atoms with van der Waals surface area (Å²) in [6, 6.07) is 0. The molecule has 1 aromatic heterocycles. The van der Waals surface area contributed by atoms with Gasteiger partial charge in [-0.25, -0.2) is 0 Å². The van der Waals surface area contributed by atoms with Gasteiger partial charge in [-0.05, 0) is 111 Å². The van der Waals surface area contributed by atoms with Crippen molar-refractivity contribution < 1.29 is 19.4 Å². The molecule has 0 unspecified atom stereocenters. The standard InChI is InChI=1S/C34H48N2O4/c1-20(2)22-10-13-34(29(38)39)15-14-32(6)23(27(22)34)8-9-26-30(4)18-24-28(36-17-16-35-24)31(5,19-40-21(3)37)25(30)11-12-33(26,32)7/h16-17,22-23,25-27H,1,8-15,18-19H2,2-7H3,(H,38,39)/t22-,23+,25+,26+,27+,30-,31-,32+,33+,34-/m0/s1. The van der Waals surface area contributed by atoms with Gasteiger partial charge in [0.05, 0.1) is 16.8 Å². The van der Waals surface area contributed by atoms with E-state index in [9.17, 15) is 14.7 Å². The molecular weight excluding hydrogens is 500 g/mol.